The molecule has 118 valence electrons. The second kappa shape index (κ2) is 9.47. The minimum absolute atomic E-state index is 0.740. The first-order valence-corrected chi connectivity index (χ1v) is 14.9. The second-order valence-corrected chi connectivity index (χ2v) is 12.7. The van der Waals surface area contributed by atoms with Crippen molar-refractivity contribution < 1.29 is 0 Å². The van der Waals surface area contributed by atoms with Crippen LogP contribution in [0.4, 0.5) is 0 Å². The number of nitrogens with zero attached hydrogens (tertiary/aromatic N) is 2. The molecule has 0 aromatic heterocycles. The van der Waals surface area contributed by atoms with Crippen molar-refractivity contribution in [3.05, 3.63) is 35.7 Å². The summed E-state index contributed by atoms with van der Waals surface area (Å²) >= 11 is -1.26. The Kier molecular flexibility index (Phi) is 8.34. The normalized spacial score (nSPS) is 21.9. The molecule has 21 heavy (non-hydrogen) atoms. The third-order valence-electron chi connectivity index (χ3n) is 4.39. The van der Waals surface area contributed by atoms with Gasteiger partial charge in [0, 0.05) is 0 Å². The Morgan fingerprint density at radius 3 is 2.00 bits per heavy atom. The van der Waals surface area contributed by atoms with Crippen LogP contribution in [0.25, 0.3) is 0 Å². The van der Waals surface area contributed by atoms with Gasteiger partial charge in [0.15, 0.2) is 0 Å². The molecular formula is C18H33GaN2. The summed E-state index contributed by atoms with van der Waals surface area (Å²) in [6.45, 7) is 13.4. The van der Waals surface area contributed by atoms with Gasteiger partial charge < -0.3 is 0 Å². The SMILES string of the molecule is CCN(C=C1C=CCC(=CN(CC)CC)[CH]1[Ga]([CH3])[CH3])CC. The molecule has 1 rings (SSSR count). The predicted octanol–water partition coefficient (Wildman–Crippen LogP) is 4.52. The van der Waals surface area contributed by atoms with Gasteiger partial charge >= 0.3 is 137 Å². The van der Waals surface area contributed by atoms with Crippen LogP contribution in [0.5, 0.6) is 0 Å². The van der Waals surface area contributed by atoms with Crippen LogP contribution in [0.3, 0.4) is 0 Å². The zero-order valence-electron chi connectivity index (χ0n) is 14.9. The van der Waals surface area contributed by atoms with E-state index in [1.807, 2.05) is 0 Å². The Morgan fingerprint density at radius 2 is 1.52 bits per heavy atom. The maximum atomic E-state index is 2.53. The van der Waals surface area contributed by atoms with E-state index in [4.69, 9.17) is 0 Å². The van der Waals surface area contributed by atoms with Crippen LogP contribution in [0, 0.1) is 0 Å². The molecule has 1 unspecified atom stereocenters. The number of allylic oxidation sites excluding steroid dienone is 4. The summed E-state index contributed by atoms with van der Waals surface area (Å²) in [7, 11) is 0. The fraction of sp³-hybridized carbons (Fsp3) is 0.667. The number of hydrogen-bond acceptors (Lipinski definition) is 2. The van der Waals surface area contributed by atoms with E-state index in [0.29, 0.717) is 0 Å². The zero-order valence-corrected chi connectivity index (χ0v) is 17.3. The van der Waals surface area contributed by atoms with Crippen molar-refractivity contribution in [1.82, 2.24) is 9.80 Å². The van der Waals surface area contributed by atoms with E-state index in [9.17, 15) is 0 Å². The predicted molar refractivity (Wildman–Crippen MR) is 97.0 cm³/mol. The monoisotopic (exact) mass is 346 g/mol. The molecule has 0 heterocycles. The summed E-state index contributed by atoms with van der Waals surface area (Å²) in [5.41, 5.74) is 8.26. The number of hydrogen-bond donors (Lipinski definition) is 0. The van der Waals surface area contributed by atoms with Crippen molar-refractivity contribution in [1.29, 1.82) is 0 Å². The van der Waals surface area contributed by atoms with E-state index in [0.717, 1.165) is 37.1 Å². The molecule has 0 saturated heterocycles. The van der Waals surface area contributed by atoms with Crippen molar-refractivity contribution in [2.75, 3.05) is 26.2 Å². The molecule has 2 nitrogen and oxygen atoms in total. The Labute approximate surface area is 137 Å². The molecule has 1 aliphatic carbocycles. The minimum atomic E-state index is -1.26. The standard InChI is InChI=1S/C16H27N2.2CH3.Ga/c1-5-17(6-2)13-15-10-9-11-16(12-15)14-18(7-3)8-4;;;/h9-10,12-14H,5-8,11H2,1-4H3;2*1H3;. The van der Waals surface area contributed by atoms with Gasteiger partial charge in [-0.2, -0.15) is 0 Å². The van der Waals surface area contributed by atoms with Gasteiger partial charge in [0.2, 0.25) is 0 Å². The first-order valence-electron chi connectivity index (χ1n) is 8.64. The molecule has 3 heteroatoms. The third kappa shape index (κ3) is 5.30. The molecular weight excluding hydrogens is 314 g/mol. The van der Waals surface area contributed by atoms with Crippen LogP contribution in [0.15, 0.2) is 35.7 Å². The van der Waals surface area contributed by atoms with Gasteiger partial charge in [-0.3, -0.25) is 0 Å². The van der Waals surface area contributed by atoms with Crippen LogP contribution in [0.1, 0.15) is 34.1 Å². The molecule has 0 spiro atoms. The van der Waals surface area contributed by atoms with Gasteiger partial charge in [-0.15, -0.1) is 0 Å². The number of rotatable bonds is 7. The van der Waals surface area contributed by atoms with Crippen LogP contribution in [-0.2, 0) is 0 Å². The van der Waals surface area contributed by atoms with Crippen molar-refractivity contribution in [3.8, 4) is 0 Å². The van der Waals surface area contributed by atoms with E-state index in [2.05, 4.69) is 73.0 Å². The van der Waals surface area contributed by atoms with E-state index in [1.165, 1.54) is 0 Å². The van der Waals surface area contributed by atoms with Crippen molar-refractivity contribution in [2.24, 2.45) is 0 Å². The summed E-state index contributed by atoms with van der Waals surface area (Å²) in [5, 5.41) is 0. The first kappa shape index (κ1) is 18.5. The van der Waals surface area contributed by atoms with E-state index >= 15 is 0 Å². The molecule has 0 amide bonds. The average molecular weight is 347 g/mol. The Balaban J connectivity index is 3.11. The molecule has 1 atom stereocenters. The molecule has 0 aliphatic heterocycles. The Morgan fingerprint density at radius 1 is 1.00 bits per heavy atom. The van der Waals surface area contributed by atoms with Crippen molar-refractivity contribution in [3.63, 3.8) is 0 Å². The van der Waals surface area contributed by atoms with Gasteiger partial charge in [-0.25, -0.2) is 0 Å². The topological polar surface area (TPSA) is 6.48 Å². The quantitative estimate of drug-likeness (QED) is 0.625. The summed E-state index contributed by atoms with van der Waals surface area (Å²) in [4.78, 5) is 4.87. The molecule has 0 fully saturated rings. The third-order valence-corrected chi connectivity index (χ3v) is 8.90. The van der Waals surface area contributed by atoms with Crippen molar-refractivity contribution >= 4 is 16.2 Å². The van der Waals surface area contributed by atoms with E-state index < -0.39 is 16.2 Å². The molecule has 0 bridgehead atoms. The van der Waals surface area contributed by atoms with Gasteiger partial charge in [-0.05, 0) is 0 Å². The maximum absolute atomic E-state index is 2.53. The van der Waals surface area contributed by atoms with E-state index in [-0.39, 0.29) is 0 Å². The van der Waals surface area contributed by atoms with Crippen molar-refractivity contribution in [2.45, 2.75) is 49.5 Å². The summed E-state index contributed by atoms with van der Waals surface area (Å²) in [5.74, 6) is 0. The molecule has 0 N–H and O–H groups in total. The fourth-order valence-electron chi connectivity index (χ4n) is 3.10. The van der Waals surface area contributed by atoms with Crippen LogP contribution < -0.4 is 0 Å². The molecule has 0 aromatic rings. The van der Waals surface area contributed by atoms with Gasteiger partial charge in [0.05, 0.1) is 0 Å². The Hall–Kier alpha value is -0.544. The zero-order chi connectivity index (χ0) is 15.8. The molecule has 0 aromatic carbocycles. The second-order valence-electron chi connectivity index (χ2n) is 6.10. The summed E-state index contributed by atoms with van der Waals surface area (Å²) < 4.78 is 0.740. The summed E-state index contributed by atoms with van der Waals surface area (Å²) in [6, 6.07) is 0. The van der Waals surface area contributed by atoms with Crippen LogP contribution >= 0.6 is 0 Å². The Bertz CT molecular complexity index is 388. The molecule has 1 aliphatic rings. The van der Waals surface area contributed by atoms with Gasteiger partial charge in [0.25, 0.3) is 0 Å². The van der Waals surface area contributed by atoms with Gasteiger partial charge in [-0.1, -0.05) is 0 Å². The average Bonchev–Trinajstić information content (AvgIpc) is 2.49. The van der Waals surface area contributed by atoms with Crippen LogP contribution in [0.2, 0.25) is 15.4 Å². The fourth-order valence-corrected chi connectivity index (χ4v) is 7.39. The van der Waals surface area contributed by atoms with E-state index in [1.54, 1.807) is 11.1 Å². The van der Waals surface area contributed by atoms with Gasteiger partial charge in [0.1, 0.15) is 0 Å². The summed E-state index contributed by atoms with van der Waals surface area (Å²) in [6.07, 6.45) is 10.7. The molecule has 0 saturated carbocycles. The molecule has 0 radical (unpaired) electrons. The van der Waals surface area contributed by atoms with Crippen LogP contribution in [-0.4, -0.2) is 52.2 Å². The first-order chi connectivity index (χ1) is 10.1.